The summed E-state index contributed by atoms with van der Waals surface area (Å²) in [4.78, 5) is 2.46. The maximum absolute atomic E-state index is 6.55. The average Bonchev–Trinajstić information content (AvgIpc) is 3.95. The number of hydrogen-bond donors (Lipinski definition) is 0. The Morgan fingerprint density at radius 3 is 1.61 bits per heavy atom. The van der Waals surface area contributed by atoms with Crippen molar-refractivity contribution in [1.82, 2.24) is 0 Å². The molecule has 10 aromatic carbocycles. The number of anilines is 3. The summed E-state index contributed by atoms with van der Waals surface area (Å²) >= 11 is 0. The minimum atomic E-state index is -0.572. The summed E-state index contributed by atoms with van der Waals surface area (Å²) in [5, 5.41) is 2.26. The predicted molar refractivity (Wildman–Crippen MR) is 297 cm³/mol. The minimum absolute atomic E-state index is 0.130. The molecule has 11 aromatic rings. The molecule has 71 heavy (non-hydrogen) atoms. The second kappa shape index (κ2) is 16.5. The van der Waals surface area contributed by atoms with E-state index in [0.717, 1.165) is 61.3 Å². The van der Waals surface area contributed by atoms with Crippen LogP contribution in [-0.2, 0) is 16.2 Å². The molecule has 0 aliphatic heterocycles. The predicted octanol–water partition coefficient (Wildman–Crippen LogP) is 18.8. The number of rotatable bonds is 8. The molecule has 0 saturated carbocycles. The van der Waals surface area contributed by atoms with E-state index in [0.29, 0.717) is 0 Å². The Hall–Kier alpha value is -8.20. The second-order valence-electron chi connectivity index (χ2n) is 21.0. The zero-order valence-electron chi connectivity index (χ0n) is 40.8. The van der Waals surface area contributed by atoms with Crippen LogP contribution < -0.4 is 4.90 Å². The van der Waals surface area contributed by atoms with Gasteiger partial charge in [0, 0.05) is 33.3 Å². The van der Waals surface area contributed by atoms with Gasteiger partial charge >= 0.3 is 0 Å². The first-order valence-corrected chi connectivity index (χ1v) is 25.2. The van der Waals surface area contributed by atoms with E-state index in [1.165, 1.54) is 68.5 Å². The van der Waals surface area contributed by atoms with Crippen LogP contribution in [0.2, 0.25) is 0 Å². The molecule has 1 heterocycles. The van der Waals surface area contributed by atoms with Crippen molar-refractivity contribution in [3.05, 3.63) is 270 Å². The van der Waals surface area contributed by atoms with Crippen LogP contribution in [0.4, 0.5) is 17.1 Å². The van der Waals surface area contributed by atoms with Crippen LogP contribution in [-0.4, -0.2) is 0 Å². The molecule has 0 fully saturated rings. The topological polar surface area (TPSA) is 16.4 Å². The van der Waals surface area contributed by atoms with Crippen LogP contribution in [0, 0.1) is 0 Å². The van der Waals surface area contributed by atoms with Gasteiger partial charge in [0.05, 0.1) is 11.1 Å². The van der Waals surface area contributed by atoms with Crippen LogP contribution in [0.25, 0.3) is 66.4 Å². The number of nitrogens with zero attached hydrogens (tertiary/aromatic N) is 1. The lowest BCUT2D eigenvalue weighted by Crippen LogP contribution is -2.33. The zero-order valence-corrected chi connectivity index (χ0v) is 40.8. The first kappa shape index (κ1) is 42.9. The summed E-state index contributed by atoms with van der Waals surface area (Å²) in [5.41, 5.74) is 22.3. The highest BCUT2D eigenvalue weighted by molar-refractivity contribution is 6.09. The molecule has 0 N–H and O–H groups in total. The minimum Gasteiger partial charge on any atom is -0.455 e. The molecule has 0 amide bonds. The largest absolute Gasteiger partial charge is 0.455 e. The highest BCUT2D eigenvalue weighted by Gasteiger charge is 2.47. The van der Waals surface area contributed by atoms with Crippen molar-refractivity contribution in [2.45, 2.75) is 56.8 Å². The lowest BCUT2D eigenvalue weighted by molar-refractivity contribution is 0.332. The van der Waals surface area contributed by atoms with Crippen LogP contribution in [0.3, 0.4) is 0 Å². The van der Waals surface area contributed by atoms with E-state index in [-0.39, 0.29) is 10.8 Å². The van der Waals surface area contributed by atoms with Crippen LogP contribution >= 0.6 is 0 Å². The van der Waals surface area contributed by atoms with E-state index in [1.54, 1.807) is 0 Å². The maximum Gasteiger partial charge on any atom is 0.143 e. The lowest BCUT2D eigenvalue weighted by atomic mass is 9.63. The molecule has 13 rings (SSSR count). The number of fused-ring (bicyclic) bond motifs is 7. The molecule has 0 spiro atoms. The summed E-state index contributed by atoms with van der Waals surface area (Å²) in [7, 11) is 0. The van der Waals surface area contributed by atoms with Gasteiger partial charge in [-0.3, -0.25) is 0 Å². The normalized spacial score (nSPS) is 15.0. The first-order chi connectivity index (χ1) is 34.7. The van der Waals surface area contributed by atoms with Crippen LogP contribution in [0.1, 0.15) is 73.9 Å². The number of hydrogen-bond acceptors (Lipinski definition) is 2. The van der Waals surface area contributed by atoms with E-state index >= 15 is 0 Å². The van der Waals surface area contributed by atoms with Crippen molar-refractivity contribution in [3.63, 3.8) is 0 Å². The molecule has 1 aromatic heterocycles. The molecule has 2 aliphatic rings. The summed E-state index contributed by atoms with van der Waals surface area (Å²) in [5.74, 6) is 0. The van der Waals surface area contributed by atoms with Gasteiger partial charge in [-0.2, -0.15) is 0 Å². The van der Waals surface area contributed by atoms with Gasteiger partial charge in [0.25, 0.3) is 0 Å². The van der Waals surface area contributed by atoms with Gasteiger partial charge in [-0.05, 0) is 133 Å². The third-order valence-corrected chi connectivity index (χ3v) is 16.1. The average molecular weight is 914 g/mol. The van der Waals surface area contributed by atoms with Gasteiger partial charge in [-0.1, -0.05) is 222 Å². The summed E-state index contributed by atoms with van der Waals surface area (Å²) in [6.07, 6.45) is 2.39. The van der Waals surface area contributed by atoms with Crippen molar-refractivity contribution < 1.29 is 4.42 Å². The van der Waals surface area contributed by atoms with E-state index in [1.807, 2.05) is 6.07 Å². The van der Waals surface area contributed by atoms with E-state index in [2.05, 4.69) is 263 Å². The van der Waals surface area contributed by atoms with Gasteiger partial charge in [0.2, 0.25) is 0 Å². The van der Waals surface area contributed by atoms with E-state index in [9.17, 15) is 0 Å². The number of furan rings is 1. The fraction of sp³-hybridized carbons (Fsp3) is 0.130. The second-order valence-corrected chi connectivity index (χ2v) is 21.0. The quantitative estimate of drug-likeness (QED) is 0.151. The van der Waals surface area contributed by atoms with Crippen molar-refractivity contribution in [2.75, 3.05) is 4.90 Å². The molecule has 2 heteroatoms. The summed E-state index contributed by atoms with van der Waals surface area (Å²) in [6.45, 7) is 9.64. The van der Waals surface area contributed by atoms with Gasteiger partial charge in [-0.25, -0.2) is 0 Å². The third kappa shape index (κ3) is 6.84. The Kier molecular flexibility index (Phi) is 9.94. The molecular formula is C69H55NO. The molecule has 0 saturated heterocycles. The standard InChI is InChI=1S/C69H55NO/c1-67(2)41-42-68(3,4)63-43-49(37-40-61(63)67)46-31-33-48(34-32-46)58-44-59-55-25-14-16-29-60(55)69(50-19-8-5-9-20-50,51-21-10-6-11-22-51)62(59)45-64(58)70(52-23-12-7-13-24-52)53-38-35-47(36-39-53)54-27-18-28-57-56-26-15-17-30-65(56)71-66(54)57/h5-40,43-45H,41-42H2,1-4H3. The number of para-hydroxylation sites is 3. The Balaban J connectivity index is 1.03. The summed E-state index contributed by atoms with van der Waals surface area (Å²) in [6, 6.07) is 87.6. The van der Waals surface area contributed by atoms with Gasteiger partial charge in [-0.15, -0.1) is 0 Å². The monoisotopic (exact) mass is 913 g/mol. The van der Waals surface area contributed by atoms with Gasteiger partial charge in [0.1, 0.15) is 11.2 Å². The molecular weight excluding hydrogens is 859 g/mol. The molecule has 0 unspecified atom stereocenters. The highest BCUT2D eigenvalue weighted by atomic mass is 16.3. The van der Waals surface area contributed by atoms with Crippen LogP contribution in [0.15, 0.2) is 241 Å². The third-order valence-electron chi connectivity index (χ3n) is 16.1. The Bertz CT molecular complexity index is 3750. The molecule has 0 radical (unpaired) electrons. The van der Waals surface area contributed by atoms with E-state index < -0.39 is 5.41 Å². The van der Waals surface area contributed by atoms with Crippen LogP contribution in [0.5, 0.6) is 0 Å². The molecule has 2 nitrogen and oxygen atoms in total. The lowest BCUT2D eigenvalue weighted by Gasteiger charge is -2.42. The van der Waals surface area contributed by atoms with Crippen molar-refractivity contribution in [1.29, 1.82) is 0 Å². The first-order valence-electron chi connectivity index (χ1n) is 25.2. The van der Waals surface area contributed by atoms with Crippen molar-refractivity contribution >= 4 is 39.0 Å². The smallest absolute Gasteiger partial charge is 0.143 e. The zero-order chi connectivity index (χ0) is 47.9. The fourth-order valence-electron chi connectivity index (χ4n) is 12.3. The Labute approximate surface area is 417 Å². The molecule has 342 valence electrons. The molecule has 0 atom stereocenters. The van der Waals surface area contributed by atoms with Gasteiger partial charge < -0.3 is 9.32 Å². The Morgan fingerprint density at radius 1 is 0.352 bits per heavy atom. The molecule has 2 aliphatic carbocycles. The van der Waals surface area contributed by atoms with Crippen molar-refractivity contribution in [2.24, 2.45) is 0 Å². The summed E-state index contributed by atoms with van der Waals surface area (Å²) < 4.78 is 6.55. The fourth-order valence-corrected chi connectivity index (χ4v) is 12.3. The Morgan fingerprint density at radius 2 is 0.887 bits per heavy atom. The van der Waals surface area contributed by atoms with Crippen molar-refractivity contribution in [3.8, 4) is 44.5 Å². The van der Waals surface area contributed by atoms with E-state index in [4.69, 9.17) is 4.42 Å². The molecule has 0 bridgehead atoms. The maximum atomic E-state index is 6.55. The number of benzene rings is 10. The SMILES string of the molecule is CC1(C)CCC(C)(C)c2cc(-c3ccc(-c4cc5c(cc4N(c4ccccc4)c4ccc(-c6cccc7c6oc6ccccc67)cc4)C(c4ccccc4)(c4ccccc4)c4ccccc4-5)cc3)ccc21. The highest BCUT2D eigenvalue weighted by Crippen LogP contribution is 2.59. The van der Waals surface area contributed by atoms with Gasteiger partial charge in [0.15, 0.2) is 0 Å².